The number of hydrogen-bond acceptors (Lipinski definition) is 6. The van der Waals surface area contributed by atoms with Gasteiger partial charge in [0.25, 0.3) is 0 Å². The van der Waals surface area contributed by atoms with Gasteiger partial charge in [0, 0.05) is 5.75 Å². The molecule has 0 radical (unpaired) electrons. The van der Waals surface area contributed by atoms with E-state index in [1.54, 1.807) is 29.9 Å². The molecule has 1 saturated heterocycles. The lowest BCUT2D eigenvalue weighted by atomic mass is 10.5. The van der Waals surface area contributed by atoms with Gasteiger partial charge in [-0.2, -0.15) is 0 Å². The van der Waals surface area contributed by atoms with Crippen molar-refractivity contribution in [2.75, 3.05) is 12.4 Å². The Kier molecular flexibility index (Phi) is 3.16. The molecule has 3 rings (SSSR count). The lowest BCUT2D eigenvalue weighted by molar-refractivity contribution is 0.316. The van der Waals surface area contributed by atoms with Crippen LogP contribution >= 0.6 is 35.1 Å². The van der Waals surface area contributed by atoms with Gasteiger partial charge in [-0.3, -0.25) is 0 Å². The summed E-state index contributed by atoms with van der Waals surface area (Å²) in [6, 6.07) is 0. The molecular formula is C9H9ClN4OS2. The summed E-state index contributed by atoms with van der Waals surface area (Å²) < 4.78 is 2.23. The van der Waals surface area contributed by atoms with Crippen LogP contribution in [-0.2, 0) is 0 Å². The van der Waals surface area contributed by atoms with Crippen LogP contribution in [0.2, 0.25) is 5.15 Å². The van der Waals surface area contributed by atoms with Crippen LogP contribution in [0, 0.1) is 0 Å². The Morgan fingerprint density at radius 2 is 2.35 bits per heavy atom. The lowest BCUT2D eigenvalue weighted by Gasteiger charge is -2.10. The average molecular weight is 289 g/mol. The van der Waals surface area contributed by atoms with Crippen molar-refractivity contribution in [1.29, 1.82) is 0 Å². The third-order valence-electron chi connectivity index (χ3n) is 2.51. The minimum absolute atomic E-state index is 0.189. The Labute approximate surface area is 111 Å². The van der Waals surface area contributed by atoms with E-state index < -0.39 is 0 Å². The first-order valence-corrected chi connectivity index (χ1v) is 7.37. The largest absolute Gasteiger partial charge is 0.394 e. The molecule has 0 spiro atoms. The van der Waals surface area contributed by atoms with E-state index in [4.69, 9.17) is 16.7 Å². The minimum atomic E-state index is 0.189. The Morgan fingerprint density at radius 1 is 1.47 bits per heavy atom. The fourth-order valence-electron chi connectivity index (χ4n) is 1.72. The minimum Gasteiger partial charge on any atom is -0.394 e. The van der Waals surface area contributed by atoms with Gasteiger partial charge >= 0.3 is 0 Å². The predicted molar refractivity (Wildman–Crippen MR) is 70.3 cm³/mol. The second kappa shape index (κ2) is 4.64. The van der Waals surface area contributed by atoms with E-state index in [1.165, 1.54) is 6.33 Å². The first kappa shape index (κ1) is 11.6. The van der Waals surface area contributed by atoms with Crippen LogP contribution in [0.25, 0.3) is 11.2 Å². The molecule has 0 aromatic carbocycles. The third kappa shape index (κ3) is 2.01. The molecule has 3 heterocycles. The van der Waals surface area contributed by atoms with Crippen LogP contribution in [0.5, 0.6) is 0 Å². The molecule has 0 unspecified atom stereocenters. The highest BCUT2D eigenvalue weighted by atomic mass is 35.5. The maximum absolute atomic E-state index is 9.13. The highest BCUT2D eigenvalue weighted by Gasteiger charge is 2.28. The molecule has 1 aliphatic heterocycles. The third-order valence-corrected chi connectivity index (χ3v) is 5.93. The molecule has 17 heavy (non-hydrogen) atoms. The van der Waals surface area contributed by atoms with Crippen molar-refractivity contribution in [2.45, 2.75) is 9.96 Å². The lowest BCUT2D eigenvalue weighted by Crippen LogP contribution is -2.05. The molecule has 2 aromatic rings. The summed E-state index contributed by atoms with van der Waals surface area (Å²) in [6.07, 6.45) is 3.18. The summed E-state index contributed by atoms with van der Waals surface area (Å²) in [5.74, 6) is 0.934. The highest BCUT2D eigenvalue weighted by Crippen LogP contribution is 2.44. The molecule has 0 aliphatic carbocycles. The van der Waals surface area contributed by atoms with Gasteiger partial charge in [0.2, 0.25) is 0 Å². The molecule has 90 valence electrons. The van der Waals surface area contributed by atoms with Crippen LogP contribution in [-0.4, -0.2) is 41.6 Å². The van der Waals surface area contributed by atoms with Crippen molar-refractivity contribution in [3.63, 3.8) is 0 Å². The van der Waals surface area contributed by atoms with Gasteiger partial charge in [-0.25, -0.2) is 15.0 Å². The van der Waals surface area contributed by atoms with Gasteiger partial charge in [-0.1, -0.05) is 11.6 Å². The van der Waals surface area contributed by atoms with Crippen molar-refractivity contribution < 1.29 is 5.11 Å². The number of aliphatic hydroxyl groups excluding tert-OH is 1. The van der Waals surface area contributed by atoms with E-state index in [1.807, 2.05) is 4.57 Å². The second-order valence-electron chi connectivity index (χ2n) is 3.52. The van der Waals surface area contributed by atoms with Gasteiger partial charge in [0.1, 0.15) is 11.8 Å². The van der Waals surface area contributed by atoms with Crippen LogP contribution in [0.1, 0.15) is 5.37 Å². The Hall–Kier alpha value is -0.500. The van der Waals surface area contributed by atoms with Gasteiger partial charge in [-0.15, -0.1) is 23.5 Å². The summed E-state index contributed by atoms with van der Waals surface area (Å²) in [4.78, 5) is 12.4. The van der Waals surface area contributed by atoms with E-state index in [9.17, 15) is 0 Å². The molecule has 1 fully saturated rings. The van der Waals surface area contributed by atoms with E-state index in [-0.39, 0.29) is 16.6 Å². The van der Waals surface area contributed by atoms with E-state index in [2.05, 4.69) is 15.0 Å². The molecule has 2 atom stereocenters. The number of aromatic nitrogens is 4. The maximum Gasteiger partial charge on any atom is 0.165 e. The zero-order valence-corrected chi connectivity index (χ0v) is 11.0. The zero-order chi connectivity index (χ0) is 11.8. The zero-order valence-electron chi connectivity index (χ0n) is 8.65. The van der Waals surface area contributed by atoms with Gasteiger partial charge in [0.05, 0.1) is 22.9 Å². The summed E-state index contributed by atoms with van der Waals surface area (Å²) in [6.45, 7) is 0.189. The number of imidazole rings is 1. The number of halogens is 1. The van der Waals surface area contributed by atoms with Crippen molar-refractivity contribution in [1.82, 2.24) is 19.5 Å². The number of hydrogen-bond donors (Lipinski definition) is 1. The number of thioether (sulfide) groups is 2. The smallest absolute Gasteiger partial charge is 0.165 e. The summed E-state index contributed by atoms with van der Waals surface area (Å²) in [5.41, 5.74) is 1.38. The standard InChI is InChI=1S/C9H9ClN4OS2/c10-8-7-9(12-3-11-8)14(4-13-7)5-2-16-6(1-15)17-5/h3-6,15H,1-2H2/t5-,6-/m0/s1. The SMILES string of the molecule is OC[C@H]1SC[C@@H](n2cnc3c(Cl)ncnc32)S1. The highest BCUT2D eigenvalue weighted by molar-refractivity contribution is 8.20. The van der Waals surface area contributed by atoms with Crippen LogP contribution < -0.4 is 0 Å². The van der Waals surface area contributed by atoms with E-state index >= 15 is 0 Å². The first-order valence-electron chi connectivity index (χ1n) is 5.00. The Balaban J connectivity index is 1.99. The molecule has 8 heteroatoms. The molecule has 1 N–H and O–H groups in total. The maximum atomic E-state index is 9.13. The van der Waals surface area contributed by atoms with Crippen molar-refractivity contribution in [3.05, 3.63) is 17.8 Å². The Bertz CT molecular complexity index is 549. The molecule has 0 amide bonds. The first-order chi connectivity index (χ1) is 8.29. The van der Waals surface area contributed by atoms with Gasteiger partial charge in [-0.05, 0) is 0 Å². The van der Waals surface area contributed by atoms with Crippen molar-refractivity contribution in [3.8, 4) is 0 Å². The van der Waals surface area contributed by atoms with Crippen molar-refractivity contribution >= 4 is 46.3 Å². The van der Waals surface area contributed by atoms with Gasteiger partial charge < -0.3 is 9.67 Å². The quantitative estimate of drug-likeness (QED) is 0.850. The van der Waals surface area contributed by atoms with Crippen molar-refractivity contribution in [2.24, 2.45) is 0 Å². The second-order valence-corrected chi connectivity index (χ2v) is 6.80. The molecule has 1 aliphatic rings. The van der Waals surface area contributed by atoms with E-state index in [0.29, 0.717) is 10.7 Å². The number of fused-ring (bicyclic) bond motifs is 1. The molecule has 0 saturated carbocycles. The predicted octanol–water partition coefficient (Wildman–Crippen LogP) is 1.78. The Morgan fingerprint density at radius 3 is 3.12 bits per heavy atom. The number of nitrogens with zero attached hydrogens (tertiary/aromatic N) is 4. The summed E-state index contributed by atoms with van der Waals surface area (Å²) in [5, 5.41) is 9.75. The normalized spacial score (nSPS) is 24.6. The summed E-state index contributed by atoms with van der Waals surface area (Å²) in [7, 11) is 0. The monoisotopic (exact) mass is 288 g/mol. The van der Waals surface area contributed by atoms with Gasteiger partial charge in [0.15, 0.2) is 10.8 Å². The molecule has 0 bridgehead atoms. The fourth-order valence-corrected chi connectivity index (χ4v) is 4.75. The topological polar surface area (TPSA) is 63.8 Å². The van der Waals surface area contributed by atoms with Crippen LogP contribution in [0.15, 0.2) is 12.7 Å². The fraction of sp³-hybridized carbons (Fsp3) is 0.444. The number of aliphatic hydroxyl groups is 1. The van der Waals surface area contributed by atoms with Crippen LogP contribution in [0.4, 0.5) is 0 Å². The average Bonchev–Trinajstić information content (AvgIpc) is 2.94. The molecular weight excluding hydrogens is 280 g/mol. The molecule has 5 nitrogen and oxygen atoms in total. The number of rotatable bonds is 2. The molecule has 2 aromatic heterocycles. The van der Waals surface area contributed by atoms with Crippen LogP contribution in [0.3, 0.4) is 0 Å². The van der Waals surface area contributed by atoms with E-state index in [0.717, 1.165) is 11.4 Å². The summed E-state index contributed by atoms with van der Waals surface area (Å²) >= 11 is 9.42.